The second-order valence-corrected chi connectivity index (χ2v) is 7.15. The third-order valence-corrected chi connectivity index (χ3v) is 5.30. The highest BCUT2D eigenvalue weighted by molar-refractivity contribution is 7.86. The Hall–Kier alpha value is -1.92. The largest absolute Gasteiger partial charge is 0.659 e. The quantitative estimate of drug-likeness (QED) is 0.488. The number of ether oxygens (including phenoxy) is 1. The SMILES string of the molecule is CCOC(=O)c1c([NH-])on[n+]1N1CCN(S(=O)(=O)N(C)C)CC1. The Balaban J connectivity index is 2.14. The van der Waals surface area contributed by atoms with Crippen molar-refractivity contribution in [2.75, 3.05) is 51.9 Å². The van der Waals surface area contributed by atoms with Gasteiger partial charge in [-0.15, -0.1) is 5.01 Å². The molecule has 23 heavy (non-hydrogen) atoms. The number of nitrogens with zero attached hydrogens (tertiary/aromatic N) is 5. The third-order valence-electron chi connectivity index (χ3n) is 3.36. The first-order valence-electron chi connectivity index (χ1n) is 7.02. The van der Waals surface area contributed by atoms with Crippen molar-refractivity contribution >= 4 is 22.1 Å². The smallest absolute Gasteiger partial charge is 0.411 e. The zero-order valence-electron chi connectivity index (χ0n) is 13.2. The first-order chi connectivity index (χ1) is 10.8. The molecule has 0 unspecified atom stereocenters. The van der Waals surface area contributed by atoms with Gasteiger partial charge >= 0.3 is 11.7 Å². The number of aromatic nitrogens is 2. The van der Waals surface area contributed by atoms with Crippen LogP contribution in [0.25, 0.3) is 5.73 Å². The van der Waals surface area contributed by atoms with Gasteiger partial charge in [0, 0.05) is 27.2 Å². The van der Waals surface area contributed by atoms with Crippen molar-refractivity contribution in [3.8, 4) is 0 Å². The van der Waals surface area contributed by atoms with E-state index in [0.29, 0.717) is 13.1 Å². The lowest BCUT2D eigenvalue weighted by molar-refractivity contribution is -0.760. The van der Waals surface area contributed by atoms with Crippen LogP contribution in [-0.2, 0) is 14.9 Å². The highest BCUT2D eigenvalue weighted by Gasteiger charge is 2.37. The van der Waals surface area contributed by atoms with Gasteiger partial charge < -0.3 is 15.0 Å². The second-order valence-electron chi connectivity index (χ2n) is 5.00. The van der Waals surface area contributed by atoms with Crippen molar-refractivity contribution < 1.29 is 27.3 Å². The molecule has 0 amide bonds. The average Bonchev–Trinajstić information content (AvgIpc) is 2.89. The summed E-state index contributed by atoms with van der Waals surface area (Å²) in [4.78, 5) is 13.1. The fourth-order valence-corrected chi connectivity index (χ4v) is 3.24. The van der Waals surface area contributed by atoms with Crippen LogP contribution in [0.3, 0.4) is 0 Å². The van der Waals surface area contributed by atoms with Crippen LogP contribution < -0.4 is 9.80 Å². The van der Waals surface area contributed by atoms with Gasteiger partial charge in [-0.2, -0.15) is 17.0 Å². The molecule has 11 nitrogen and oxygen atoms in total. The van der Waals surface area contributed by atoms with Gasteiger partial charge in [0.2, 0.25) is 5.27 Å². The van der Waals surface area contributed by atoms with E-state index in [4.69, 9.17) is 15.0 Å². The minimum Gasteiger partial charge on any atom is -0.659 e. The van der Waals surface area contributed by atoms with E-state index in [1.165, 1.54) is 23.2 Å². The highest BCUT2D eigenvalue weighted by Crippen LogP contribution is 2.15. The van der Waals surface area contributed by atoms with Gasteiger partial charge in [-0.05, 0) is 6.92 Å². The van der Waals surface area contributed by atoms with Crippen LogP contribution in [0.15, 0.2) is 4.52 Å². The van der Waals surface area contributed by atoms with E-state index >= 15 is 0 Å². The van der Waals surface area contributed by atoms with E-state index < -0.39 is 22.1 Å². The van der Waals surface area contributed by atoms with Gasteiger partial charge in [-0.1, -0.05) is 0 Å². The predicted molar refractivity (Wildman–Crippen MR) is 78.8 cm³/mol. The molecule has 2 rings (SSSR count). The van der Waals surface area contributed by atoms with Crippen LogP contribution in [-0.4, -0.2) is 75.2 Å². The topological polar surface area (TPSA) is 124 Å². The number of carbonyl (C=O) groups excluding carboxylic acids is 1. The van der Waals surface area contributed by atoms with Crippen molar-refractivity contribution in [3.05, 3.63) is 11.4 Å². The van der Waals surface area contributed by atoms with Crippen molar-refractivity contribution in [2.24, 2.45) is 0 Å². The maximum absolute atomic E-state index is 12.1. The molecule has 0 aromatic carbocycles. The van der Waals surface area contributed by atoms with Crippen molar-refractivity contribution in [3.63, 3.8) is 0 Å². The second kappa shape index (κ2) is 6.68. The number of esters is 1. The van der Waals surface area contributed by atoms with Crippen molar-refractivity contribution in [1.29, 1.82) is 0 Å². The molecule has 1 aliphatic heterocycles. The molecule has 1 saturated heterocycles. The van der Waals surface area contributed by atoms with Crippen LogP contribution in [0.4, 0.5) is 5.88 Å². The van der Waals surface area contributed by atoms with Crippen LogP contribution in [0.5, 0.6) is 0 Å². The number of rotatable bonds is 5. The molecular formula is C11H20N6O5S. The molecule has 12 heteroatoms. The molecule has 1 fully saturated rings. The molecule has 0 atom stereocenters. The summed E-state index contributed by atoms with van der Waals surface area (Å²) >= 11 is 0. The summed E-state index contributed by atoms with van der Waals surface area (Å²) in [5.74, 6) is -1.10. The normalized spacial score (nSPS) is 16.8. The molecule has 1 aromatic heterocycles. The minimum absolute atomic E-state index is 0.115. The number of nitrogens with one attached hydrogen (secondary N) is 1. The van der Waals surface area contributed by atoms with Crippen molar-refractivity contribution in [1.82, 2.24) is 13.9 Å². The lowest BCUT2D eigenvalue weighted by atomic mass is 10.4. The number of carbonyl (C=O) groups is 1. The zero-order chi connectivity index (χ0) is 17.2. The summed E-state index contributed by atoms with van der Waals surface area (Å²) in [5.41, 5.74) is 7.51. The van der Waals surface area contributed by atoms with E-state index in [1.54, 1.807) is 11.9 Å². The Morgan fingerprint density at radius 2 is 2.00 bits per heavy atom. The summed E-state index contributed by atoms with van der Waals surface area (Å²) in [5, 5.41) is 5.30. The van der Waals surface area contributed by atoms with Gasteiger partial charge in [-0.3, -0.25) is 0 Å². The summed E-state index contributed by atoms with van der Waals surface area (Å²) in [6.07, 6.45) is 0. The fourth-order valence-electron chi connectivity index (χ4n) is 2.15. The molecule has 1 aromatic rings. The van der Waals surface area contributed by atoms with Crippen LogP contribution >= 0.6 is 0 Å². The fraction of sp³-hybridized carbons (Fsp3) is 0.727. The summed E-state index contributed by atoms with van der Waals surface area (Å²) in [6, 6.07) is 0. The summed E-state index contributed by atoms with van der Waals surface area (Å²) in [7, 11) is -0.534. The van der Waals surface area contributed by atoms with E-state index in [1.807, 2.05) is 0 Å². The first kappa shape index (κ1) is 17.4. The predicted octanol–water partition coefficient (Wildman–Crippen LogP) is -1.12. The van der Waals surface area contributed by atoms with Crippen LogP contribution in [0.2, 0.25) is 0 Å². The van der Waals surface area contributed by atoms with Gasteiger partial charge in [-0.25, -0.2) is 4.79 Å². The van der Waals surface area contributed by atoms with Gasteiger partial charge in [0.25, 0.3) is 10.2 Å². The number of piperazine rings is 1. The Morgan fingerprint density at radius 1 is 1.39 bits per heavy atom. The van der Waals surface area contributed by atoms with Gasteiger partial charge in [0.1, 0.15) is 5.88 Å². The van der Waals surface area contributed by atoms with E-state index in [-0.39, 0.29) is 25.4 Å². The van der Waals surface area contributed by atoms with Gasteiger partial charge in [0.15, 0.2) is 0 Å². The molecule has 0 saturated carbocycles. The molecule has 0 radical (unpaired) electrons. The maximum atomic E-state index is 12.1. The maximum Gasteiger partial charge on any atom is 0.411 e. The van der Waals surface area contributed by atoms with Crippen LogP contribution in [0, 0.1) is 0 Å². The van der Waals surface area contributed by atoms with Crippen molar-refractivity contribution in [2.45, 2.75) is 6.92 Å². The summed E-state index contributed by atoms with van der Waals surface area (Å²) in [6.45, 7) is 2.89. The molecular weight excluding hydrogens is 328 g/mol. The van der Waals surface area contributed by atoms with E-state index in [2.05, 4.69) is 5.27 Å². The Labute approximate surface area is 134 Å². The molecule has 1 N–H and O–H groups in total. The van der Waals surface area contributed by atoms with E-state index in [0.717, 1.165) is 4.31 Å². The molecule has 0 spiro atoms. The summed E-state index contributed by atoms with van der Waals surface area (Å²) < 4.78 is 36.3. The average molecular weight is 348 g/mol. The van der Waals surface area contributed by atoms with Crippen LogP contribution in [0.1, 0.15) is 17.4 Å². The van der Waals surface area contributed by atoms with Gasteiger partial charge in [0.05, 0.1) is 24.5 Å². The molecule has 0 bridgehead atoms. The van der Waals surface area contributed by atoms with E-state index in [9.17, 15) is 13.2 Å². The zero-order valence-corrected chi connectivity index (χ0v) is 14.0. The monoisotopic (exact) mass is 348 g/mol. The third kappa shape index (κ3) is 3.38. The Bertz CT molecular complexity index is 664. The first-order valence-corrected chi connectivity index (χ1v) is 8.42. The molecule has 2 heterocycles. The lowest BCUT2D eigenvalue weighted by Crippen LogP contribution is -2.68. The number of hydrogen-bond acceptors (Lipinski definition) is 7. The molecule has 1 aliphatic rings. The highest BCUT2D eigenvalue weighted by atomic mass is 32.2. The molecule has 130 valence electrons. The molecule has 0 aliphatic carbocycles. The minimum atomic E-state index is -3.48. The Morgan fingerprint density at radius 3 is 2.52 bits per heavy atom. The Kier molecular flexibility index (Phi) is 5.06. The standard InChI is InChI=1S/C11H20N6O5S/c1-4-21-11(18)9-10(12)22-13-17(9)15-5-7-16(8-6-15)23(19,20)14(2)3/h4-8H2,1-3H3,(H-,12,13,18). The lowest BCUT2D eigenvalue weighted by Gasteiger charge is -2.31. The number of hydrogen-bond donors (Lipinski definition) is 0.